The molecule has 0 radical (unpaired) electrons. The first-order chi connectivity index (χ1) is 14.3. The van der Waals surface area contributed by atoms with Gasteiger partial charge in [-0.25, -0.2) is 0 Å². The van der Waals surface area contributed by atoms with Crippen molar-refractivity contribution in [3.05, 3.63) is 48.0 Å². The molecule has 1 heterocycles. The number of rotatable bonds is 3. The van der Waals surface area contributed by atoms with Crippen LogP contribution in [0.4, 0.5) is 0 Å². The zero-order chi connectivity index (χ0) is 20.8. The van der Waals surface area contributed by atoms with E-state index in [0.29, 0.717) is 17.8 Å². The summed E-state index contributed by atoms with van der Waals surface area (Å²) in [6.45, 7) is 4.19. The lowest BCUT2D eigenvalue weighted by Crippen LogP contribution is -2.71. The van der Waals surface area contributed by atoms with Crippen LogP contribution in [-0.4, -0.2) is 22.8 Å². The van der Waals surface area contributed by atoms with Gasteiger partial charge in [0.05, 0.1) is 11.5 Å². The van der Waals surface area contributed by atoms with E-state index in [1.807, 2.05) is 0 Å². The molecule has 2 amide bonds. The maximum atomic E-state index is 13.5. The van der Waals surface area contributed by atoms with Gasteiger partial charge in [0.1, 0.15) is 0 Å². The molecule has 0 aromatic heterocycles. The van der Waals surface area contributed by atoms with Gasteiger partial charge < -0.3 is 10.6 Å². The van der Waals surface area contributed by atoms with Gasteiger partial charge in [-0.2, -0.15) is 0 Å². The van der Waals surface area contributed by atoms with Crippen molar-refractivity contribution in [2.24, 2.45) is 34.3 Å². The molecule has 4 heteroatoms. The average Bonchev–Trinajstić information content (AvgIpc) is 2.71. The van der Waals surface area contributed by atoms with Crippen LogP contribution < -0.4 is 5.73 Å². The summed E-state index contributed by atoms with van der Waals surface area (Å²) in [7, 11) is 0. The number of benzene rings is 2. The van der Waals surface area contributed by atoms with Crippen LogP contribution >= 0.6 is 0 Å². The fourth-order valence-electron chi connectivity index (χ4n) is 7.94. The standard InChI is InChI=1S/C26H30N2O2/c1-25(2)22(20-9-5-7-16-6-3-4-8-19(16)20)28(24(25)30)21-17-10-15-11-18(21)14-26(12-15,13-17)23(27)29/h3-9,15,17-18,21-22H,10-14H2,1-2H3,(H2,27,29)/t15?,17-,18?,21-,22?,26-/m0/s1. The second-order valence-corrected chi connectivity index (χ2v) is 11.0. The molecule has 1 saturated heterocycles. The van der Waals surface area contributed by atoms with Crippen molar-refractivity contribution >= 4 is 22.6 Å². The number of primary amides is 1. The number of nitrogens with two attached hydrogens (primary N) is 1. The molecular weight excluding hydrogens is 372 g/mol. The predicted molar refractivity (Wildman–Crippen MR) is 116 cm³/mol. The molecule has 3 unspecified atom stereocenters. The number of hydrogen-bond acceptors (Lipinski definition) is 2. The maximum Gasteiger partial charge on any atom is 0.231 e. The molecule has 7 rings (SSSR count). The normalized spacial score (nSPS) is 38.7. The molecule has 4 nitrogen and oxygen atoms in total. The van der Waals surface area contributed by atoms with Gasteiger partial charge in [-0.15, -0.1) is 0 Å². The summed E-state index contributed by atoms with van der Waals surface area (Å²) in [6.07, 6.45) is 4.98. The average molecular weight is 403 g/mol. The van der Waals surface area contributed by atoms with E-state index >= 15 is 0 Å². The molecule has 2 aromatic carbocycles. The lowest BCUT2D eigenvalue weighted by Gasteiger charge is -2.66. The first-order valence-electron chi connectivity index (χ1n) is 11.4. The van der Waals surface area contributed by atoms with Crippen molar-refractivity contribution in [3.8, 4) is 0 Å². The minimum Gasteiger partial charge on any atom is -0.369 e. The number of hydrogen-bond donors (Lipinski definition) is 1. The van der Waals surface area contributed by atoms with Crippen LogP contribution in [0.15, 0.2) is 42.5 Å². The van der Waals surface area contributed by atoms with Crippen LogP contribution in [0, 0.1) is 28.6 Å². The van der Waals surface area contributed by atoms with Crippen LogP contribution in [-0.2, 0) is 9.59 Å². The Morgan fingerprint density at radius 2 is 1.67 bits per heavy atom. The Morgan fingerprint density at radius 1 is 1.00 bits per heavy atom. The second-order valence-electron chi connectivity index (χ2n) is 11.0. The number of carbonyl (C=O) groups excluding carboxylic acids is 2. The fourth-order valence-corrected chi connectivity index (χ4v) is 7.94. The molecule has 5 aliphatic rings. The zero-order valence-corrected chi connectivity index (χ0v) is 17.8. The molecule has 2 aromatic rings. The van der Waals surface area contributed by atoms with E-state index in [1.54, 1.807) is 0 Å². The molecule has 4 saturated carbocycles. The van der Waals surface area contributed by atoms with Gasteiger partial charge in [0.2, 0.25) is 11.8 Å². The Labute approximate surface area is 177 Å². The summed E-state index contributed by atoms with van der Waals surface area (Å²) >= 11 is 0. The van der Waals surface area contributed by atoms with Crippen molar-refractivity contribution in [1.82, 2.24) is 4.90 Å². The number of β-lactam (4-membered cyclic amide) rings is 1. The molecule has 6 atom stereocenters. The Morgan fingerprint density at radius 3 is 2.37 bits per heavy atom. The highest BCUT2D eigenvalue weighted by atomic mass is 16.2. The molecule has 156 valence electrons. The van der Waals surface area contributed by atoms with E-state index in [2.05, 4.69) is 61.2 Å². The van der Waals surface area contributed by atoms with E-state index in [-0.39, 0.29) is 29.3 Å². The quantitative estimate of drug-likeness (QED) is 0.772. The van der Waals surface area contributed by atoms with Crippen LogP contribution in [0.3, 0.4) is 0 Å². The molecule has 1 aliphatic heterocycles. The lowest BCUT2D eigenvalue weighted by atomic mass is 9.46. The summed E-state index contributed by atoms with van der Waals surface area (Å²) in [6, 6.07) is 15.3. The van der Waals surface area contributed by atoms with Gasteiger partial charge in [-0.3, -0.25) is 9.59 Å². The van der Waals surface area contributed by atoms with E-state index in [9.17, 15) is 9.59 Å². The Bertz CT molecular complexity index is 1050. The number of amides is 2. The van der Waals surface area contributed by atoms with Crippen molar-refractivity contribution in [1.29, 1.82) is 0 Å². The Balaban J connectivity index is 1.42. The van der Waals surface area contributed by atoms with E-state index in [0.717, 1.165) is 32.1 Å². The van der Waals surface area contributed by atoms with Crippen molar-refractivity contribution in [2.75, 3.05) is 0 Å². The summed E-state index contributed by atoms with van der Waals surface area (Å²) in [5, 5.41) is 2.47. The second kappa shape index (κ2) is 5.87. The summed E-state index contributed by atoms with van der Waals surface area (Å²) in [5.74, 6) is 1.57. The predicted octanol–water partition coefficient (Wildman–Crippen LogP) is 4.43. The molecule has 4 bridgehead atoms. The van der Waals surface area contributed by atoms with E-state index in [1.165, 1.54) is 16.3 Å². The van der Waals surface area contributed by atoms with Crippen molar-refractivity contribution in [2.45, 2.75) is 58.0 Å². The minimum absolute atomic E-state index is 0.0863. The maximum absolute atomic E-state index is 13.5. The van der Waals surface area contributed by atoms with Crippen molar-refractivity contribution in [3.63, 3.8) is 0 Å². The Hall–Kier alpha value is -2.36. The number of fused-ring (bicyclic) bond motifs is 1. The summed E-state index contributed by atoms with van der Waals surface area (Å²) < 4.78 is 0. The molecule has 30 heavy (non-hydrogen) atoms. The van der Waals surface area contributed by atoms with Crippen LogP contribution in [0.1, 0.15) is 57.6 Å². The SMILES string of the molecule is CC1(C)C(=O)N([C@@H]2C3CC4C[C@H]2C[C@@](C(N)=O)(C4)C3)C1c1cccc2ccccc12. The number of carbonyl (C=O) groups is 2. The largest absolute Gasteiger partial charge is 0.369 e. The third-order valence-corrected chi connectivity index (χ3v) is 8.93. The minimum atomic E-state index is -0.403. The smallest absolute Gasteiger partial charge is 0.231 e. The van der Waals surface area contributed by atoms with Crippen LogP contribution in [0.25, 0.3) is 10.8 Å². The van der Waals surface area contributed by atoms with E-state index < -0.39 is 5.41 Å². The van der Waals surface area contributed by atoms with Gasteiger partial charge in [-0.05, 0) is 80.0 Å². The van der Waals surface area contributed by atoms with Gasteiger partial charge in [-0.1, -0.05) is 42.5 Å². The molecular formula is C26H30N2O2. The molecule has 5 fully saturated rings. The summed E-state index contributed by atoms with van der Waals surface area (Å²) in [4.78, 5) is 28.1. The monoisotopic (exact) mass is 402 g/mol. The van der Waals surface area contributed by atoms with Crippen molar-refractivity contribution < 1.29 is 9.59 Å². The van der Waals surface area contributed by atoms with Gasteiger partial charge in [0, 0.05) is 11.5 Å². The fraction of sp³-hybridized carbons (Fsp3) is 0.538. The van der Waals surface area contributed by atoms with Crippen LogP contribution in [0.5, 0.6) is 0 Å². The van der Waals surface area contributed by atoms with Gasteiger partial charge >= 0.3 is 0 Å². The van der Waals surface area contributed by atoms with Gasteiger partial charge in [0.25, 0.3) is 0 Å². The van der Waals surface area contributed by atoms with E-state index in [4.69, 9.17) is 5.73 Å². The molecule has 0 spiro atoms. The lowest BCUT2D eigenvalue weighted by molar-refractivity contribution is -0.198. The Kier molecular flexibility index (Phi) is 3.60. The van der Waals surface area contributed by atoms with Gasteiger partial charge in [0.15, 0.2) is 0 Å². The third kappa shape index (κ3) is 2.23. The van der Waals surface area contributed by atoms with Crippen LogP contribution in [0.2, 0.25) is 0 Å². The highest BCUT2D eigenvalue weighted by molar-refractivity contribution is 5.94. The topological polar surface area (TPSA) is 63.4 Å². The third-order valence-electron chi connectivity index (χ3n) is 8.93. The number of nitrogens with zero attached hydrogens (tertiary/aromatic N) is 1. The first kappa shape index (κ1) is 18.4. The first-order valence-corrected chi connectivity index (χ1v) is 11.4. The number of likely N-dealkylation sites (tertiary alicyclic amines) is 1. The summed E-state index contributed by atoms with van der Waals surface area (Å²) in [5.41, 5.74) is 6.43. The molecule has 2 N–H and O–H groups in total. The molecule has 4 aliphatic carbocycles. The highest BCUT2D eigenvalue weighted by Crippen LogP contribution is 2.64. The zero-order valence-electron chi connectivity index (χ0n) is 17.8. The highest BCUT2D eigenvalue weighted by Gasteiger charge is 2.65.